The predicted octanol–water partition coefficient (Wildman–Crippen LogP) is 1.31. The van der Waals surface area contributed by atoms with Crippen molar-refractivity contribution in [2.45, 2.75) is 0 Å². The van der Waals surface area contributed by atoms with Crippen LogP contribution in [0.1, 0.15) is 0 Å². The number of benzene rings is 1. The van der Waals surface area contributed by atoms with Crippen LogP contribution >= 0.6 is 11.6 Å². The molecular weight excluding hydrogens is 264 g/mol. The summed E-state index contributed by atoms with van der Waals surface area (Å²) in [5.41, 5.74) is 0.344. The quantitative estimate of drug-likeness (QED) is 0.823. The van der Waals surface area contributed by atoms with E-state index >= 15 is 0 Å². The van der Waals surface area contributed by atoms with E-state index in [-0.39, 0.29) is 5.75 Å². The van der Waals surface area contributed by atoms with Gasteiger partial charge < -0.3 is 10.1 Å². The number of nitrogens with one attached hydrogen (secondary N) is 2. The van der Waals surface area contributed by atoms with Gasteiger partial charge in [0.25, 0.3) is 0 Å². The summed E-state index contributed by atoms with van der Waals surface area (Å²) in [4.78, 5) is 0. The van der Waals surface area contributed by atoms with Crippen LogP contribution in [-0.4, -0.2) is 34.9 Å². The van der Waals surface area contributed by atoms with Gasteiger partial charge in [-0.2, -0.15) is 0 Å². The maximum Gasteiger partial charge on any atom is 0.234 e. The van der Waals surface area contributed by atoms with Crippen molar-refractivity contribution >= 4 is 27.3 Å². The average Bonchev–Trinajstić information content (AvgIpc) is 2.26. The minimum Gasteiger partial charge on any atom is -0.495 e. The molecule has 1 aromatic rings. The summed E-state index contributed by atoms with van der Waals surface area (Å²) < 4.78 is 30.9. The molecule has 1 aromatic carbocycles. The molecule has 0 spiro atoms. The number of halogens is 1. The van der Waals surface area contributed by atoms with Crippen LogP contribution in [0.3, 0.4) is 0 Å². The zero-order chi connectivity index (χ0) is 12.9. The smallest absolute Gasteiger partial charge is 0.234 e. The molecule has 0 saturated carbocycles. The van der Waals surface area contributed by atoms with Crippen molar-refractivity contribution in [3.8, 4) is 5.75 Å². The number of ether oxygens (including phenoxy) is 1. The first-order valence-corrected chi connectivity index (χ1v) is 7.00. The Morgan fingerprint density at radius 1 is 1.41 bits per heavy atom. The number of hydrogen-bond acceptors (Lipinski definition) is 4. The van der Waals surface area contributed by atoms with Crippen molar-refractivity contribution in [2.75, 3.05) is 31.2 Å². The second-order valence-corrected chi connectivity index (χ2v) is 5.65. The van der Waals surface area contributed by atoms with Crippen LogP contribution in [0, 0.1) is 0 Å². The summed E-state index contributed by atoms with van der Waals surface area (Å²) >= 11 is 5.80. The molecule has 0 radical (unpaired) electrons. The van der Waals surface area contributed by atoms with E-state index in [0.717, 1.165) is 0 Å². The van der Waals surface area contributed by atoms with Gasteiger partial charge in [0.05, 0.1) is 18.6 Å². The minimum atomic E-state index is -3.40. The standard InChI is InChI=1S/C10H15ClN2O3S/c1-12-5-6-17(14,15)13-9-7-8(11)3-4-10(9)16-2/h3-4,7,12-13H,5-6H2,1-2H3. The lowest BCUT2D eigenvalue weighted by Gasteiger charge is -2.11. The van der Waals surface area contributed by atoms with Crippen molar-refractivity contribution in [1.82, 2.24) is 5.32 Å². The molecule has 0 unspecified atom stereocenters. The van der Waals surface area contributed by atoms with Gasteiger partial charge in [0, 0.05) is 11.6 Å². The van der Waals surface area contributed by atoms with E-state index in [1.165, 1.54) is 13.2 Å². The molecule has 0 aliphatic heterocycles. The monoisotopic (exact) mass is 278 g/mol. The van der Waals surface area contributed by atoms with E-state index in [0.29, 0.717) is 23.0 Å². The molecule has 0 aliphatic carbocycles. The first kappa shape index (κ1) is 14.1. The summed E-state index contributed by atoms with van der Waals surface area (Å²) in [6.07, 6.45) is 0. The largest absolute Gasteiger partial charge is 0.495 e. The molecule has 1 rings (SSSR count). The lowest BCUT2D eigenvalue weighted by atomic mass is 10.3. The van der Waals surface area contributed by atoms with Crippen LogP contribution in [0.25, 0.3) is 0 Å². The molecule has 0 aliphatic rings. The molecule has 96 valence electrons. The molecule has 0 bridgehead atoms. The van der Waals surface area contributed by atoms with Crippen molar-refractivity contribution < 1.29 is 13.2 Å². The van der Waals surface area contributed by atoms with E-state index in [1.54, 1.807) is 19.2 Å². The molecule has 0 fully saturated rings. The van der Waals surface area contributed by atoms with Gasteiger partial charge in [-0.05, 0) is 25.2 Å². The van der Waals surface area contributed by atoms with Gasteiger partial charge in [0.15, 0.2) is 0 Å². The topological polar surface area (TPSA) is 67.4 Å². The Morgan fingerprint density at radius 2 is 2.12 bits per heavy atom. The highest BCUT2D eigenvalue weighted by Gasteiger charge is 2.13. The zero-order valence-corrected chi connectivity index (χ0v) is 11.2. The molecule has 7 heteroatoms. The molecule has 0 aromatic heterocycles. The summed E-state index contributed by atoms with van der Waals surface area (Å²) in [6, 6.07) is 4.75. The SMILES string of the molecule is CNCCS(=O)(=O)Nc1cc(Cl)ccc1OC. The maximum atomic E-state index is 11.7. The Bertz CT molecular complexity index is 476. The van der Waals surface area contributed by atoms with Gasteiger partial charge in [-0.25, -0.2) is 8.42 Å². The molecular formula is C10H15ClN2O3S. The Labute approximate surface area is 106 Å². The fourth-order valence-corrected chi connectivity index (χ4v) is 2.46. The summed E-state index contributed by atoms with van der Waals surface area (Å²) in [5, 5.41) is 3.21. The van der Waals surface area contributed by atoms with Crippen LogP contribution in [0.5, 0.6) is 5.75 Å². The molecule has 0 atom stereocenters. The van der Waals surface area contributed by atoms with Gasteiger partial charge in [-0.1, -0.05) is 11.6 Å². The second kappa shape index (κ2) is 6.09. The second-order valence-electron chi connectivity index (χ2n) is 3.37. The molecule has 0 amide bonds. The molecule has 5 nitrogen and oxygen atoms in total. The Hall–Kier alpha value is -0.980. The number of hydrogen-bond donors (Lipinski definition) is 2. The van der Waals surface area contributed by atoms with Crippen LogP contribution in [0.2, 0.25) is 5.02 Å². The van der Waals surface area contributed by atoms with Crippen molar-refractivity contribution in [3.05, 3.63) is 23.2 Å². The number of sulfonamides is 1. The van der Waals surface area contributed by atoms with Crippen LogP contribution in [0.4, 0.5) is 5.69 Å². The normalized spacial score (nSPS) is 11.2. The third kappa shape index (κ3) is 4.41. The first-order valence-electron chi connectivity index (χ1n) is 4.97. The fourth-order valence-electron chi connectivity index (χ4n) is 1.21. The minimum absolute atomic E-state index is 0.0147. The average molecular weight is 279 g/mol. The molecule has 0 heterocycles. The van der Waals surface area contributed by atoms with E-state index < -0.39 is 10.0 Å². The van der Waals surface area contributed by atoms with Crippen molar-refractivity contribution in [1.29, 1.82) is 0 Å². The number of methoxy groups -OCH3 is 1. The van der Waals surface area contributed by atoms with Gasteiger partial charge in [-0.15, -0.1) is 0 Å². The Balaban J connectivity index is 2.90. The number of anilines is 1. The Kier molecular flexibility index (Phi) is 5.04. The predicted molar refractivity (Wildman–Crippen MR) is 69.3 cm³/mol. The third-order valence-electron chi connectivity index (χ3n) is 2.05. The van der Waals surface area contributed by atoms with E-state index in [2.05, 4.69) is 10.0 Å². The summed E-state index contributed by atoms with van der Waals surface area (Å²) in [7, 11) is -0.240. The van der Waals surface area contributed by atoms with E-state index in [9.17, 15) is 8.42 Å². The van der Waals surface area contributed by atoms with Gasteiger partial charge in [0.1, 0.15) is 5.75 Å². The van der Waals surface area contributed by atoms with Crippen LogP contribution < -0.4 is 14.8 Å². The van der Waals surface area contributed by atoms with Gasteiger partial charge >= 0.3 is 0 Å². The number of rotatable bonds is 6. The first-order chi connectivity index (χ1) is 7.98. The summed E-state index contributed by atoms with van der Waals surface area (Å²) in [5.74, 6) is 0.418. The lowest BCUT2D eigenvalue weighted by Crippen LogP contribution is -2.24. The highest BCUT2D eigenvalue weighted by atomic mass is 35.5. The van der Waals surface area contributed by atoms with Crippen molar-refractivity contribution in [2.24, 2.45) is 0 Å². The molecule has 2 N–H and O–H groups in total. The molecule has 17 heavy (non-hydrogen) atoms. The van der Waals surface area contributed by atoms with Gasteiger partial charge in [0.2, 0.25) is 10.0 Å². The van der Waals surface area contributed by atoms with Crippen LogP contribution in [0.15, 0.2) is 18.2 Å². The van der Waals surface area contributed by atoms with Crippen LogP contribution in [-0.2, 0) is 10.0 Å². The molecule has 0 saturated heterocycles. The highest BCUT2D eigenvalue weighted by molar-refractivity contribution is 7.92. The third-order valence-corrected chi connectivity index (χ3v) is 3.56. The van der Waals surface area contributed by atoms with Gasteiger partial charge in [-0.3, -0.25) is 4.72 Å². The Morgan fingerprint density at radius 3 is 2.71 bits per heavy atom. The lowest BCUT2D eigenvalue weighted by molar-refractivity contribution is 0.417. The summed E-state index contributed by atoms with van der Waals surface area (Å²) in [6.45, 7) is 0.373. The van der Waals surface area contributed by atoms with E-state index in [4.69, 9.17) is 16.3 Å². The zero-order valence-electron chi connectivity index (χ0n) is 9.66. The van der Waals surface area contributed by atoms with E-state index in [1.807, 2.05) is 0 Å². The highest BCUT2D eigenvalue weighted by Crippen LogP contribution is 2.28. The van der Waals surface area contributed by atoms with Crippen molar-refractivity contribution in [3.63, 3.8) is 0 Å². The fraction of sp³-hybridized carbons (Fsp3) is 0.400. The maximum absolute atomic E-state index is 11.7.